The molecule has 0 fully saturated rings. The molecule has 2 rings (SSSR count). The van der Waals surface area contributed by atoms with E-state index in [1.54, 1.807) is 26.7 Å². The van der Waals surface area contributed by atoms with Crippen LogP contribution in [0.5, 0.6) is 0 Å². The van der Waals surface area contributed by atoms with Crippen molar-refractivity contribution < 1.29 is 18.2 Å². The first-order valence-electron chi connectivity index (χ1n) is 10.5. The molecule has 0 saturated carbocycles. The van der Waals surface area contributed by atoms with Gasteiger partial charge in [-0.05, 0) is 24.5 Å². The van der Waals surface area contributed by atoms with Crippen LogP contribution in [0, 0.1) is 0 Å². The van der Waals surface area contributed by atoms with Crippen LogP contribution in [-0.2, 0) is 24.6 Å². The van der Waals surface area contributed by atoms with Crippen LogP contribution in [-0.4, -0.2) is 40.4 Å². The molecule has 0 spiro atoms. The molecule has 0 unspecified atom stereocenters. The van der Waals surface area contributed by atoms with Crippen LogP contribution in [0.1, 0.15) is 45.7 Å². The lowest BCUT2D eigenvalue weighted by Crippen LogP contribution is -1.85. The smallest absolute Gasteiger partial charge is 0.197 e. The maximum atomic E-state index is 10.6. The predicted octanol–water partition coefficient (Wildman–Crippen LogP) is 8.06. The average molecular weight is 459 g/mol. The molecule has 0 bridgehead atoms. The molecule has 0 aromatic heterocycles. The van der Waals surface area contributed by atoms with Gasteiger partial charge < -0.3 is 9.05 Å². The maximum absolute atomic E-state index is 10.6. The Balaban J connectivity index is -0.000000368. The molecule has 2 aromatic rings. The second-order valence-electron chi connectivity index (χ2n) is 6.25. The zero-order valence-electron chi connectivity index (χ0n) is 20.7. The van der Waals surface area contributed by atoms with Gasteiger partial charge >= 0.3 is 0 Å². The monoisotopic (exact) mass is 458 g/mol. The first kappa shape index (κ1) is 33.5. The molecule has 0 aliphatic heterocycles. The number of hydrogen-bond acceptors (Lipinski definition) is 4. The van der Waals surface area contributed by atoms with Gasteiger partial charge in [0.1, 0.15) is 0 Å². The first-order chi connectivity index (χ1) is 14.1. The topological polar surface area (TPSA) is 52.6 Å². The molecule has 30 heavy (non-hydrogen) atoms. The van der Waals surface area contributed by atoms with Gasteiger partial charge in [0.2, 0.25) is 0 Å². The minimum atomic E-state index is -2.17. The molecule has 0 N–H and O–H groups in total. The van der Waals surface area contributed by atoms with Crippen molar-refractivity contribution in [3.8, 4) is 0 Å². The highest BCUT2D eigenvalue weighted by molar-refractivity contribution is 7.57. The molecule has 0 aliphatic carbocycles. The van der Waals surface area contributed by atoms with Gasteiger partial charge in [-0.1, -0.05) is 88.4 Å². The normalized spacial score (nSPS) is 9.80. The Bertz CT molecular complexity index is 639. The number of benzene rings is 2. The number of rotatable bonds is 5. The standard InChI is InChI=1S/C13H12.C4H11O2P.C3H9O2P.2C2H6/c1-3-7-12(8-4-1)11-13-9-5-2-6-10-13;1-4-6-7(2,3)5;1-5-6(2,3)4;2*1-2/h1-10H,11H2;4H2,1-3H3;1-3H3;2*1-2H3. The van der Waals surface area contributed by atoms with Crippen LogP contribution in [0.4, 0.5) is 0 Å². The summed E-state index contributed by atoms with van der Waals surface area (Å²) >= 11 is 0. The maximum Gasteiger partial charge on any atom is 0.197 e. The van der Waals surface area contributed by atoms with Gasteiger partial charge in [-0.2, -0.15) is 0 Å². The van der Waals surface area contributed by atoms with Crippen LogP contribution in [0.15, 0.2) is 60.7 Å². The van der Waals surface area contributed by atoms with E-state index in [0.29, 0.717) is 6.61 Å². The Hall–Kier alpha value is -1.18. The third kappa shape index (κ3) is 26.8. The lowest BCUT2D eigenvalue weighted by Gasteiger charge is -2.02. The highest BCUT2D eigenvalue weighted by atomic mass is 31.2. The molecule has 0 heterocycles. The van der Waals surface area contributed by atoms with Crippen LogP contribution in [0.3, 0.4) is 0 Å². The Morgan fingerprint density at radius 1 is 0.667 bits per heavy atom. The summed E-state index contributed by atoms with van der Waals surface area (Å²) in [5.41, 5.74) is 2.74. The van der Waals surface area contributed by atoms with Crippen LogP contribution >= 0.6 is 14.7 Å². The van der Waals surface area contributed by atoms with Crippen molar-refractivity contribution in [1.29, 1.82) is 0 Å². The van der Waals surface area contributed by atoms with Gasteiger partial charge in [0.15, 0.2) is 14.7 Å². The molecule has 0 saturated heterocycles. The minimum absolute atomic E-state index is 0.546. The summed E-state index contributed by atoms with van der Waals surface area (Å²) in [4.78, 5) is 0. The van der Waals surface area contributed by atoms with Crippen LogP contribution < -0.4 is 0 Å². The summed E-state index contributed by atoms with van der Waals surface area (Å²) in [6, 6.07) is 21.1. The van der Waals surface area contributed by atoms with Crippen molar-refractivity contribution in [3.05, 3.63) is 71.8 Å². The fourth-order valence-corrected chi connectivity index (χ4v) is 2.36. The molecular weight excluding hydrogens is 414 g/mol. The van der Waals surface area contributed by atoms with E-state index in [1.807, 2.05) is 34.6 Å². The van der Waals surface area contributed by atoms with E-state index >= 15 is 0 Å². The number of hydrogen-bond donors (Lipinski definition) is 0. The third-order valence-corrected chi connectivity index (χ3v) is 4.73. The van der Waals surface area contributed by atoms with E-state index in [0.717, 1.165) is 6.42 Å². The van der Waals surface area contributed by atoms with Gasteiger partial charge in [-0.3, -0.25) is 9.13 Å². The molecule has 6 heteroatoms. The Kier molecular flexibility index (Phi) is 23.5. The fraction of sp³-hybridized carbons (Fsp3) is 0.500. The second kappa shape index (κ2) is 21.1. The average Bonchev–Trinajstić information content (AvgIpc) is 2.72. The van der Waals surface area contributed by atoms with Crippen molar-refractivity contribution in [2.45, 2.75) is 41.0 Å². The van der Waals surface area contributed by atoms with Crippen molar-refractivity contribution in [3.63, 3.8) is 0 Å². The van der Waals surface area contributed by atoms with Crippen LogP contribution in [0.25, 0.3) is 0 Å². The SMILES string of the molecule is CC.CC.CCOP(C)(C)=O.COP(C)(C)=O.c1ccc(Cc2ccccc2)cc1. The van der Waals surface area contributed by atoms with E-state index in [9.17, 15) is 9.13 Å². The summed E-state index contributed by atoms with van der Waals surface area (Å²) < 4.78 is 30.2. The molecule has 2 aromatic carbocycles. The minimum Gasteiger partial charge on any atom is -0.332 e. The summed E-state index contributed by atoms with van der Waals surface area (Å²) in [5.74, 6) is 0. The first-order valence-corrected chi connectivity index (χ1v) is 15.5. The Morgan fingerprint density at radius 2 is 0.967 bits per heavy atom. The largest absolute Gasteiger partial charge is 0.332 e. The lowest BCUT2D eigenvalue weighted by molar-refractivity contribution is 0.341. The Labute approximate surface area is 186 Å². The van der Waals surface area contributed by atoms with Gasteiger partial charge in [0, 0.05) is 33.8 Å². The van der Waals surface area contributed by atoms with E-state index in [2.05, 4.69) is 65.2 Å². The van der Waals surface area contributed by atoms with Crippen molar-refractivity contribution in [2.75, 3.05) is 40.4 Å². The van der Waals surface area contributed by atoms with Gasteiger partial charge in [0.05, 0.1) is 6.61 Å². The quantitative estimate of drug-likeness (QED) is 0.425. The van der Waals surface area contributed by atoms with E-state index < -0.39 is 14.7 Å². The molecule has 174 valence electrons. The lowest BCUT2D eigenvalue weighted by atomic mass is 10.1. The van der Waals surface area contributed by atoms with Crippen molar-refractivity contribution in [2.24, 2.45) is 0 Å². The molecular formula is C24H44O4P2. The van der Waals surface area contributed by atoms with E-state index in [1.165, 1.54) is 18.2 Å². The van der Waals surface area contributed by atoms with Gasteiger partial charge in [-0.15, -0.1) is 0 Å². The third-order valence-electron chi connectivity index (χ3n) is 2.97. The summed E-state index contributed by atoms with van der Waals surface area (Å²) in [5, 5.41) is 0. The predicted molar refractivity (Wildman–Crippen MR) is 136 cm³/mol. The van der Waals surface area contributed by atoms with Crippen molar-refractivity contribution in [1.82, 2.24) is 0 Å². The fourth-order valence-electron chi connectivity index (χ4n) is 1.74. The zero-order chi connectivity index (χ0) is 24.1. The Morgan fingerprint density at radius 3 is 1.13 bits per heavy atom. The van der Waals surface area contributed by atoms with E-state index in [4.69, 9.17) is 4.52 Å². The summed E-state index contributed by atoms with van der Waals surface area (Å²) in [7, 11) is -2.87. The zero-order valence-corrected chi connectivity index (χ0v) is 22.5. The van der Waals surface area contributed by atoms with Crippen molar-refractivity contribution >= 4 is 14.7 Å². The molecule has 0 atom stereocenters. The molecule has 0 amide bonds. The van der Waals surface area contributed by atoms with E-state index in [-0.39, 0.29) is 0 Å². The second-order valence-corrected chi connectivity index (χ2v) is 11.9. The molecule has 4 nitrogen and oxygen atoms in total. The van der Waals surface area contributed by atoms with Gasteiger partial charge in [0.25, 0.3) is 0 Å². The summed E-state index contributed by atoms with van der Waals surface area (Å²) in [6.07, 6.45) is 1.03. The molecule has 0 radical (unpaired) electrons. The molecule has 0 aliphatic rings. The van der Waals surface area contributed by atoms with Gasteiger partial charge in [-0.25, -0.2) is 0 Å². The highest BCUT2D eigenvalue weighted by Gasteiger charge is 2.02. The van der Waals surface area contributed by atoms with Crippen LogP contribution in [0.2, 0.25) is 0 Å². The highest BCUT2D eigenvalue weighted by Crippen LogP contribution is 2.36. The summed E-state index contributed by atoms with van der Waals surface area (Å²) in [6.45, 7) is 16.7.